The van der Waals surface area contributed by atoms with Crippen molar-refractivity contribution in [2.75, 3.05) is 0 Å². The van der Waals surface area contributed by atoms with E-state index in [9.17, 15) is 0 Å². The van der Waals surface area contributed by atoms with Crippen molar-refractivity contribution in [2.45, 2.75) is 11.5 Å². The summed E-state index contributed by atoms with van der Waals surface area (Å²) >= 11 is 5.20. The number of aromatic nitrogens is 2. The minimum Gasteiger partial charge on any atom is -0.420 e. The van der Waals surface area contributed by atoms with Crippen molar-refractivity contribution < 1.29 is 4.42 Å². The van der Waals surface area contributed by atoms with Gasteiger partial charge in [-0.25, -0.2) is 0 Å². The molecule has 0 fully saturated rings. The summed E-state index contributed by atoms with van der Waals surface area (Å²) in [6, 6.07) is 18.1. The number of thioether (sulfide) groups is 1. The predicted octanol–water partition coefficient (Wildman–Crippen LogP) is 4.93. The molecule has 0 aliphatic carbocycles. The smallest absolute Gasteiger partial charge is 0.247 e. The van der Waals surface area contributed by atoms with E-state index in [1.54, 1.807) is 11.8 Å². The van der Waals surface area contributed by atoms with Gasteiger partial charge in [0.05, 0.1) is 5.75 Å². The molecule has 5 heteroatoms. The molecule has 21 heavy (non-hydrogen) atoms. The second kappa shape index (κ2) is 6.91. The lowest BCUT2D eigenvalue weighted by Crippen LogP contribution is -1.83. The van der Waals surface area contributed by atoms with Crippen molar-refractivity contribution in [3.8, 4) is 11.5 Å². The molecular formula is C16H13BrN2OS. The van der Waals surface area contributed by atoms with Gasteiger partial charge >= 0.3 is 0 Å². The van der Waals surface area contributed by atoms with E-state index < -0.39 is 0 Å². The third-order valence-electron chi connectivity index (χ3n) is 2.90. The van der Waals surface area contributed by atoms with Crippen LogP contribution in [0, 0.1) is 0 Å². The topological polar surface area (TPSA) is 38.9 Å². The fourth-order valence-corrected chi connectivity index (χ4v) is 2.93. The average molecular weight is 361 g/mol. The Bertz CT molecular complexity index is 698. The first-order valence-corrected chi connectivity index (χ1v) is 8.46. The first kappa shape index (κ1) is 14.4. The Morgan fingerprint density at radius 2 is 1.67 bits per heavy atom. The zero-order valence-electron chi connectivity index (χ0n) is 11.2. The van der Waals surface area contributed by atoms with Crippen LogP contribution in [0.1, 0.15) is 11.5 Å². The van der Waals surface area contributed by atoms with Crippen LogP contribution in [0.5, 0.6) is 0 Å². The van der Waals surface area contributed by atoms with Gasteiger partial charge in [0.15, 0.2) is 0 Å². The normalized spacial score (nSPS) is 10.7. The molecule has 0 unspecified atom stereocenters. The largest absolute Gasteiger partial charge is 0.420 e. The van der Waals surface area contributed by atoms with Crippen molar-refractivity contribution in [1.82, 2.24) is 10.2 Å². The summed E-state index contributed by atoms with van der Waals surface area (Å²) in [5, 5.41) is 8.18. The molecule has 0 aliphatic heterocycles. The van der Waals surface area contributed by atoms with Crippen LogP contribution in [0.4, 0.5) is 0 Å². The highest BCUT2D eigenvalue weighted by molar-refractivity contribution is 9.10. The highest BCUT2D eigenvalue weighted by atomic mass is 79.9. The first-order chi connectivity index (χ1) is 10.3. The molecule has 0 saturated carbocycles. The second-order valence-electron chi connectivity index (χ2n) is 4.49. The molecule has 3 aromatic rings. The molecule has 0 aliphatic rings. The summed E-state index contributed by atoms with van der Waals surface area (Å²) < 4.78 is 6.77. The molecule has 1 heterocycles. The number of rotatable bonds is 5. The average Bonchev–Trinajstić information content (AvgIpc) is 2.99. The van der Waals surface area contributed by atoms with Gasteiger partial charge in [-0.15, -0.1) is 22.0 Å². The summed E-state index contributed by atoms with van der Waals surface area (Å²) in [7, 11) is 0. The molecule has 1 aromatic heterocycles. The number of hydrogen-bond donors (Lipinski definition) is 0. The van der Waals surface area contributed by atoms with Crippen LogP contribution in [0.2, 0.25) is 0 Å². The maximum Gasteiger partial charge on any atom is 0.247 e. The number of nitrogens with zero attached hydrogens (tertiary/aromatic N) is 2. The fraction of sp³-hybridized carbons (Fsp3) is 0.125. The molecule has 2 aromatic carbocycles. The molecular weight excluding hydrogens is 348 g/mol. The van der Waals surface area contributed by atoms with E-state index in [0.29, 0.717) is 11.8 Å². The fourth-order valence-electron chi connectivity index (χ4n) is 1.85. The van der Waals surface area contributed by atoms with Crippen LogP contribution >= 0.6 is 27.7 Å². The Morgan fingerprint density at radius 3 is 2.43 bits per heavy atom. The third kappa shape index (κ3) is 3.95. The first-order valence-electron chi connectivity index (χ1n) is 6.51. The Morgan fingerprint density at radius 1 is 0.905 bits per heavy atom. The molecule has 0 spiro atoms. The SMILES string of the molecule is Brc1ccc(CSCc2nnc(-c3ccccc3)o2)cc1. The molecule has 0 bridgehead atoms. The summed E-state index contributed by atoms with van der Waals surface area (Å²) in [6.45, 7) is 0. The summed E-state index contributed by atoms with van der Waals surface area (Å²) in [5.41, 5.74) is 2.24. The number of hydrogen-bond acceptors (Lipinski definition) is 4. The zero-order valence-corrected chi connectivity index (χ0v) is 13.6. The molecule has 0 radical (unpaired) electrons. The monoisotopic (exact) mass is 360 g/mol. The molecule has 0 saturated heterocycles. The second-order valence-corrected chi connectivity index (χ2v) is 6.39. The van der Waals surface area contributed by atoms with Gasteiger partial charge in [0.2, 0.25) is 11.8 Å². The van der Waals surface area contributed by atoms with Crippen molar-refractivity contribution in [2.24, 2.45) is 0 Å². The minimum absolute atomic E-state index is 0.579. The quantitative estimate of drug-likeness (QED) is 0.646. The Hall–Kier alpha value is -1.59. The van der Waals surface area contributed by atoms with E-state index in [4.69, 9.17) is 4.42 Å². The maximum atomic E-state index is 5.68. The Labute approximate surface area is 135 Å². The molecule has 0 atom stereocenters. The van der Waals surface area contributed by atoms with Gasteiger partial charge in [-0.2, -0.15) is 0 Å². The van der Waals surface area contributed by atoms with Crippen LogP contribution < -0.4 is 0 Å². The van der Waals surface area contributed by atoms with E-state index in [0.717, 1.165) is 21.5 Å². The van der Waals surface area contributed by atoms with Crippen LogP contribution in [0.15, 0.2) is 63.5 Å². The lowest BCUT2D eigenvalue weighted by Gasteiger charge is -1.99. The van der Waals surface area contributed by atoms with E-state index >= 15 is 0 Å². The van der Waals surface area contributed by atoms with Crippen molar-refractivity contribution in [3.63, 3.8) is 0 Å². The van der Waals surface area contributed by atoms with Crippen molar-refractivity contribution in [3.05, 3.63) is 70.5 Å². The molecule has 3 rings (SSSR count). The van der Waals surface area contributed by atoms with Crippen molar-refractivity contribution in [1.29, 1.82) is 0 Å². The molecule has 0 N–H and O–H groups in total. The van der Waals surface area contributed by atoms with Gasteiger partial charge in [-0.3, -0.25) is 0 Å². The highest BCUT2D eigenvalue weighted by Gasteiger charge is 2.07. The predicted molar refractivity (Wildman–Crippen MR) is 88.9 cm³/mol. The molecule has 106 valence electrons. The lowest BCUT2D eigenvalue weighted by molar-refractivity contribution is 0.528. The number of benzene rings is 2. The van der Waals surface area contributed by atoms with Gasteiger partial charge < -0.3 is 4.42 Å². The maximum absolute atomic E-state index is 5.68. The van der Waals surface area contributed by atoms with Gasteiger partial charge in [-0.05, 0) is 29.8 Å². The zero-order chi connectivity index (χ0) is 14.5. The van der Waals surface area contributed by atoms with Gasteiger partial charge in [-0.1, -0.05) is 46.3 Å². The minimum atomic E-state index is 0.579. The number of halogens is 1. The highest BCUT2D eigenvalue weighted by Crippen LogP contribution is 2.22. The van der Waals surface area contributed by atoms with Crippen LogP contribution in [0.3, 0.4) is 0 Å². The van der Waals surface area contributed by atoms with Crippen molar-refractivity contribution >= 4 is 27.7 Å². The summed E-state index contributed by atoms with van der Waals surface area (Å²) in [6.07, 6.45) is 0. The van der Waals surface area contributed by atoms with Gasteiger partial charge in [0.25, 0.3) is 0 Å². The van der Waals surface area contributed by atoms with Crippen LogP contribution in [-0.2, 0) is 11.5 Å². The Kier molecular flexibility index (Phi) is 4.72. The lowest BCUT2D eigenvalue weighted by atomic mass is 10.2. The third-order valence-corrected chi connectivity index (χ3v) is 4.41. The van der Waals surface area contributed by atoms with Gasteiger partial charge in [0, 0.05) is 15.8 Å². The standard InChI is InChI=1S/C16H13BrN2OS/c17-14-8-6-12(7-9-14)10-21-11-15-18-19-16(20-15)13-4-2-1-3-5-13/h1-9H,10-11H2. The molecule has 0 amide bonds. The van der Waals surface area contributed by atoms with E-state index in [1.807, 2.05) is 30.3 Å². The van der Waals surface area contributed by atoms with E-state index in [1.165, 1.54) is 5.56 Å². The summed E-state index contributed by atoms with van der Waals surface area (Å²) in [4.78, 5) is 0. The van der Waals surface area contributed by atoms with Crippen LogP contribution in [-0.4, -0.2) is 10.2 Å². The Balaban J connectivity index is 1.57. The van der Waals surface area contributed by atoms with Crippen LogP contribution in [0.25, 0.3) is 11.5 Å². The summed E-state index contributed by atoms with van der Waals surface area (Å²) in [5.74, 6) is 2.89. The van der Waals surface area contributed by atoms with Gasteiger partial charge in [0.1, 0.15) is 0 Å². The molecule has 3 nitrogen and oxygen atoms in total. The van der Waals surface area contributed by atoms with E-state index in [-0.39, 0.29) is 0 Å². The van der Waals surface area contributed by atoms with E-state index in [2.05, 4.69) is 50.4 Å².